The number of carbonyl (C=O) groups excluding carboxylic acids is 2. The first-order chi connectivity index (χ1) is 17.9. The van der Waals surface area contributed by atoms with Crippen molar-refractivity contribution in [2.45, 2.75) is 44.9 Å². The van der Waals surface area contributed by atoms with Crippen LogP contribution in [-0.2, 0) is 14.3 Å². The van der Waals surface area contributed by atoms with Crippen LogP contribution in [0.15, 0.2) is 54.6 Å². The summed E-state index contributed by atoms with van der Waals surface area (Å²) in [6, 6.07) is 16.7. The van der Waals surface area contributed by atoms with Gasteiger partial charge >= 0.3 is 5.97 Å². The molecule has 0 atom stereocenters. The average Bonchev–Trinajstić information content (AvgIpc) is 2.95. The highest BCUT2D eigenvalue weighted by Crippen LogP contribution is 2.31. The molecule has 1 saturated heterocycles. The fourth-order valence-electron chi connectivity index (χ4n) is 5.51. The molecular weight excluding hydrogens is 462 g/mol. The van der Waals surface area contributed by atoms with Gasteiger partial charge in [0.1, 0.15) is 0 Å². The largest absolute Gasteiger partial charge is 0.466 e. The van der Waals surface area contributed by atoms with Crippen LogP contribution in [-0.4, -0.2) is 52.7 Å². The molecule has 37 heavy (non-hydrogen) atoms. The van der Waals surface area contributed by atoms with Crippen LogP contribution in [0.5, 0.6) is 0 Å². The first-order valence-corrected chi connectivity index (χ1v) is 13.6. The highest BCUT2D eigenvalue weighted by molar-refractivity contribution is 5.95. The number of esters is 1. The normalized spacial score (nSPS) is 17.1. The van der Waals surface area contributed by atoms with E-state index in [2.05, 4.69) is 48.2 Å². The molecule has 2 aromatic carbocycles. The average molecular weight is 504 g/mol. The summed E-state index contributed by atoms with van der Waals surface area (Å²) in [6.07, 6.45) is 10.8. The maximum absolute atomic E-state index is 13.8. The Labute approximate surface area is 221 Å². The van der Waals surface area contributed by atoms with Crippen molar-refractivity contribution in [3.63, 3.8) is 0 Å². The van der Waals surface area contributed by atoms with Crippen molar-refractivity contribution in [1.29, 1.82) is 0 Å². The molecule has 0 bridgehead atoms. The molecule has 1 amide bonds. The van der Waals surface area contributed by atoms with E-state index in [1.165, 1.54) is 31.0 Å². The van der Waals surface area contributed by atoms with E-state index >= 15 is 0 Å². The third kappa shape index (κ3) is 7.15. The Balaban J connectivity index is 1.46. The van der Waals surface area contributed by atoms with Gasteiger partial charge in [0, 0.05) is 62.8 Å². The van der Waals surface area contributed by atoms with E-state index in [-0.39, 0.29) is 17.8 Å². The van der Waals surface area contributed by atoms with Crippen molar-refractivity contribution in [2.24, 2.45) is 11.8 Å². The molecule has 2 fully saturated rings. The molecule has 4 rings (SSSR count). The van der Waals surface area contributed by atoms with Crippen LogP contribution < -0.4 is 14.7 Å². The zero-order chi connectivity index (χ0) is 26.2. The van der Waals surface area contributed by atoms with Gasteiger partial charge in [0.25, 0.3) is 0 Å². The number of nitrogens with zero attached hydrogens (tertiary/aromatic N) is 3. The van der Waals surface area contributed by atoms with E-state index in [9.17, 15) is 9.59 Å². The molecule has 6 heteroatoms. The second-order valence-corrected chi connectivity index (χ2v) is 10.6. The third-order valence-corrected chi connectivity index (χ3v) is 7.80. The van der Waals surface area contributed by atoms with Gasteiger partial charge in [0.2, 0.25) is 5.91 Å². The molecule has 2 aromatic rings. The Hall–Kier alpha value is -3.28. The van der Waals surface area contributed by atoms with Crippen LogP contribution in [0.1, 0.15) is 50.5 Å². The van der Waals surface area contributed by atoms with Crippen LogP contribution in [0.4, 0.5) is 17.1 Å². The van der Waals surface area contributed by atoms with E-state index in [0.717, 1.165) is 69.4 Å². The van der Waals surface area contributed by atoms with E-state index < -0.39 is 0 Å². The van der Waals surface area contributed by atoms with Crippen molar-refractivity contribution >= 4 is 35.0 Å². The number of carbonyl (C=O) groups is 2. The summed E-state index contributed by atoms with van der Waals surface area (Å²) in [5.41, 5.74) is 4.29. The summed E-state index contributed by atoms with van der Waals surface area (Å²) < 4.78 is 4.73. The van der Waals surface area contributed by atoms with Crippen LogP contribution in [0.2, 0.25) is 0 Å². The summed E-state index contributed by atoms with van der Waals surface area (Å²) in [7, 11) is 5.50. The summed E-state index contributed by atoms with van der Waals surface area (Å²) in [5.74, 6) is 0.441. The molecular formula is C31H41N3O3. The fourth-order valence-corrected chi connectivity index (χ4v) is 5.51. The standard InChI is InChI=1S/C31H41N3O3/c1-32(2)27-13-15-28(16-14-27)33-20-18-25(19-21-33)23-34(31(36)26-9-5-4-6-10-26)29-11-7-8-24(22-29)12-17-30(35)37-3/h7-8,11-17,22,25-26H,4-6,9-10,18-21,23H2,1-3H3/b17-12+. The number of hydrogen-bond donors (Lipinski definition) is 0. The minimum atomic E-state index is -0.386. The molecule has 2 aliphatic rings. The van der Waals surface area contributed by atoms with Gasteiger partial charge in [0.05, 0.1) is 7.11 Å². The van der Waals surface area contributed by atoms with Crippen molar-refractivity contribution in [3.8, 4) is 0 Å². The van der Waals surface area contributed by atoms with Gasteiger partial charge in [-0.05, 0) is 79.6 Å². The highest BCUT2D eigenvalue weighted by Gasteiger charge is 2.30. The second-order valence-electron chi connectivity index (χ2n) is 10.6. The van der Waals surface area contributed by atoms with Gasteiger partial charge < -0.3 is 19.4 Å². The molecule has 1 heterocycles. The first-order valence-electron chi connectivity index (χ1n) is 13.6. The minimum absolute atomic E-state index is 0.110. The predicted molar refractivity (Wildman–Crippen MR) is 152 cm³/mol. The summed E-state index contributed by atoms with van der Waals surface area (Å²) >= 11 is 0. The number of piperidine rings is 1. The number of anilines is 3. The van der Waals surface area contributed by atoms with E-state index in [1.807, 2.05) is 29.2 Å². The van der Waals surface area contributed by atoms with Crippen molar-refractivity contribution in [1.82, 2.24) is 0 Å². The van der Waals surface area contributed by atoms with Crippen molar-refractivity contribution in [2.75, 3.05) is 55.5 Å². The van der Waals surface area contributed by atoms with Gasteiger partial charge in [-0.25, -0.2) is 4.79 Å². The molecule has 1 saturated carbocycles. The molecule has 0 radical (unpaired) electrons. The Morgan fingerprint density at radius 2 is 1.65 bits per heavy atom. The van der Waals surface area contributed by atoms with E-state index in [1.54, 1.807) is 6.08 Å². The van der Waals surface area contributed by atoms with Crippen LogP contribution in [0.3, 0.4) is 0 Å². The Morgan fingerprint density at radius 1 is 0.946 bits per heavy atom. The molecule has 198 valence electrons. The molecule has 1 aliphatic carbocycles. The second kappa shape index (κ2) is 12.8. The first kappa shape index (κ1) is 26.8. The van der Waals surface area contributed by atoms with E-state index in [0.29, 0.717) is 5.92 Å². The molecule has 0 aromatic heterocycles. The maximum atomic E-state index is 13.8. The quantitative estimate of drug-likeness (QED) is 0.338. The number of ether oxygens (including phenoxy) is 1. The Kier molecular flexibility index (Phi) is 9.26. The molecule has 1 aliphatic heterocycles. The fraction of sp³-hybridized carbons (Fsp3) is 0.484. The number of hydrogen-bond acceptors (Lipinski definition) is 5. The van der Waals surface area contributed by atoms with Crippen molar-refractivity contribution in [3.05, 3.63) is 60.2 Å². The SMILES string of the molecule is COC(=O)/C=C/c1cccc(N(CC2CCN(c3ccc(N(C)C)cc3)CC2)C(=O)C2CCCCC2)c1. The van der Waals surface area contributed by atoms with E-state index in [4.69, 9.17) is 4.74 Å². The lowest BCUT2D eigenvalue weighted by Crippen LogP contribution is -2.43. The van der Waals surface area contributed by atoms with Gasteiger partial charge in [-0.1, -0.05) is 31.4 Å². The minimum Gasteiger partial charge on any atom is -0.466 e. The van der Waals surface area contributed by atoms with Crippen LogP contribution in [0.25, 0.3) is 6.08 Å². The molecule has 0 unspecified atom stereocenters. The lowest BCUT2D eigenvalue weighted by Gasteiger charge is -2.37. The van der Waals surface area contributed by atoms with Gasteiger partial charge in [0.15, 0.2) is 0 Å². The predicted octanol–water partition coefficient (Wildman–Crippen LogP) is 5.77. The molecule has 0 N–H and O–H groups in total. The topological polar surface area (TPSA) is 53.1 Å². The smallest absolute Gasteiger partial charge is 0.330 e. The number of methoxy groups -OCH3 is 1. The zero-order valence-corrected chi connectivity index (χ0v) is 22.6. The van der Waals surface area contributed by atoms with Crippen LogP contribution >= 0.6 is 0 Å². The number of rotatable bonds is 8. The highest BCUT2D eigenvalue weighted by atomic mass is 16.5. The zero-order valence-electron chi connectivity index (χ0n) is 22.6. The Bertz CT molecular complexity index is 1070. The Morgan fingerprint density at radius 3 is 2.30 bits per heavy atom. The van der Waals surface area contributed by atoms with Gasteiger partial charge in [-0.2, -0.15) is 0 Å². The number of benzene rings is 2. The lowest BCUT2D eigenvalue weighted by molar-refractivity contribution is -0.134. The summed E-state index contributed by atoms with van der Waals surface area (Å²) in [5, 5.41) is 0. The summed E-state index contributed by atoms with van der Waals surface area (Å²) in [6.45, 7) is 2.74. The van der Waals surface area contributed by atoms with Crippen LogP contribution in [0, 0.1) is 11.8 Å². The lowest BCUT2D eigenvalue weighted by atomic mass is 9.87. The summed E-state index contributed by atoms with van der Waals surface area (Å²) in [4.78, 5) is 32.0. The monoisotopic (exact) mass is 503 g/mol. The van der Waals surface area contributed by atoms with Gasteiger partial charge in [-0.15, -0.1) is 0 Å². The maximum Gasteiger partial charge on any atom is 0.330 e. The van der Waals surface area contributed by atoms with Gasteiger partial charge in [-0.3, -0.25) is 4.79 Å². The molecule has 6 nitrogen and oxygen atoms in total. The van der Waals surface area contributed by atoms with Crippen molar-refractivity contribution < 1.29 is 14.3 Å². The third-order valence-electron chi connectivity index (χ3n) is 7.80. The molecule has 0 spiro atoms. The number of amides is 1.